The summed E-state index contributed by atoms with van der Waals surface area (Å²) in [5.41, 5.74) is 7.71. The molecular weight excluding hydrogens is 350 g/mol. The van der Waals surface area contributed by atoms with Gasteiger partial charge in [0.05, 0.1) is 4.90 Å². The molecule has 0 saturated heterocycles. The molecular formula is C19H25N3O3S. The lowest BCUT2D eigenvalue weighted by molar-refractivity contribution is -0.117. The summed E-state index contributed by atoms with van der Waals surface area (Å²) < 4.78 is 27.0. The maximum absolute atomic E-state index is 12.8. The first kappa shape index (κ1) is 20.1. The fourth-order valence-electron chi connectivity index (χ4n) is 2.69. The lowest BCUT2D eigenvalue weighted by Crippen LogP contribution is -2.31. The van der Waals surface area contributed by atoms with Gasteiger partial charge in [0, 0.05) is 18.8 Å². The predicted octanol–water partition coefficient (Wildman–Crippen LogP) is 2.66. The maximum atomic E-state index is 12.8. The monoisotopic (exact) mass is 375 g/mol. The number of rotatable bonds is 7. The highest BCUT2D eigenvalue weighted by molar-refractivity contribution is 7.89. The van der Waals surface area contributed by atoms with Gasteiger partial charge in [-0.2, -0.15) is 4.31 Å². The van der Waals surface area contributed by atoms with Crippen molar-refractivity contribution >= 4 is 21.6 Å². The highest BCUT2D eigenvalue weighted by Crippen LogP contribution is 2.24. The molecule has 3 N–H and O–H groups in total. The zero-order chi connectivity index (χ0) is 19.3. The van der Waals surface area contributed by atoms with Crippen LogP contribution in [0.1, 0.15) is 31.0 Å². The molecule has 0 spiro atoms. The van der Waals surface area contributed by atoms with Crippen molar-refractivity contribution in [2.24, 2.45) is 5.73 Å². The lowest BCUT2D eigenvalue weighted by Gasteiger charge is -2.20. The molecule has 0 radical (unpaired) electrons. The fraction of sp³-hybridized carbons (Fsp3) is 0.316. The number of nitrogens with two attached hydrogens (primary N) is 1. The number of hydrogen-bond acceptors (Lipinski definition) is 4. The Labute approximate surface area is 155 Å². The molecule has 0 aliphatic rings. The van der Waals surface area contributed by atoms with Crippen LogP contribution < -0.4 is 11.1 Å². The van der Waals surface area contributed by atoms with Crippen LogP contribution in [-0.4, -0.2) is 31.7 Å². The molecule has 0 heterocycles. The van der Waals surface area contributed by atoms with Crippen molar-refractivity contribution in [2.75, 3.05) is 18.4 Å². The van der Waals surface area contributed by atoms with Crippen molar-refractivity contribution in [3.05, 3.63) is 59.7 Å². The Morgan fingerprint density at radius 1 is 1.12 bits per heavy atom. The van der Waals surface area contributed by atoms with Gasteiger partial charge in [0.1, 0.15) is 6.04 Å². The summed E-state index contributed by atoms with van der Waals surface area (Å²) in [6, 6.07) is 13.0. The normalized spacial score (nSPS) is 12.8. The Morgan fingerprint density at radius 3 is 2.31 bits per heavy atom. The molecule has 2 rings (SSSR count). The Morgan fingerprint density at radius 2 is 1.73 bits per heavy atom. The number of amides is 1. The molecule has 7 heteroatoms. The molecule has 26 heavy (non-hydrogen) atoms. The zero-order valence-corrected chi connectivity index (χ0v) is 16.1. The van der Waals surface area contributed by atoms with E-state index in [1.54, 1.807) is 45.0 Å². The van der Waals surface area contributed by atoms with Crippen LogP contribution in [0, 0.1) is 6.92 Å². The molecule has 2 aromatic carbocycles. The summed E-state index contributed by atoms with van der Waals surface area (Å²) in [6.07, 6.45) is 0. The molecule has 0 fully saturated rings. The second-order valence-electron chi connectivity index (χ2n) is 5.95. The fourth-order valence-corrected chi connectivity index (χ4v) is 4.40. The summed E-state index contributed by atoms with van der Waals surface area (Å²) >= 11 is 0. The largest absolute Gasteiger partial charge is 0.324 e. The second kappa shape index (κ2) is 8.44. The van der Waals surface area contributed by atoms with E-state index in [2.05, 4.69) is 5.32 Å². The van der Waals surface area contributed by atoms with Gasteiger partial charge in [-0.05, 0) is 30.2 Å². The molecule has 0 aromatic heterocycles. The highest BCUT2D eigenvalue weighted by Gasteiger charge is 2.24. The summed E-state index contributed by atoms with van der Waals surface area (Å²) in [5.74, 6) is -0.397. The van der Waals surface area contributed by atoms with E-state index in [9.17, 15) is 13.2 Å². The smallest absolute Gasteiger partial charge is 0.245 e. The Bertz CT molecular complexity index is 863. The number of sulfonamides is 1. The van der Waals surface area contributed by atoms with E-state index in [0.29, 0.717) is 29.9 Å². The van der Waals surface area contributed by atoms with Gasteiger partial charge in [0.25, 0.3) is 0 Å². The van der Waals surface area contributed by atoms with Crippen molar-refractivity contribution in [1.29, 1.82) is 0 Å². The minimum absolute atomic E-state index is 0.187. The first-order chi connectivity index (χ1) is 12.3. The Kier molecular flexibility index (Phi) is 6.52. The lowest BCUT2D eigenvalue weighted by atomic mass is 10.1. The number of aryl methyl sites for hydroxylation is 1. The molecule has 6 nitrogen and oxygen atoms in total. The Balaban J connectivity index is 2.28. The number of nitrogens with zero attached hydrogens (tertiary/aromatic N) is 1. The average Bonchev–Trinajstić information content (AvgIpc) is 2.64. The van der Waals surface area contributed by atoms with E-state index in [4.69, 9.17) is 5.73 Å². The van der Waals surface area contributed by atoms with E-state index in [-0.39, 0.29) is 4.90 Å². The summed E-state index contributed by atoms with van der Waals surface area (Å²) in [7, 11) is -3.61. The standard InChI is InChI=1S/C19H25N3O3S/c1-4-22(5-2)26(24,25)17-13-16(12-11-14(17)3)21-19(23)18(20)15-9-7-6-8-10-15/h6-13,18H,4-5,20H2,1-3H3,(H,21,23). The number of hydrogen-bond donors (Lipinski definition) is 2. The highest BCUT2D eigenvalue weighted by atomic mass is 32.2. The summed E-state index contributed by atoms with van der Waals surface area (Å²) in [4.78, 5) is 12.6. The molecule has 140 valence electrons. The molecule has 0 aliphatic heterocycles. The summed E-state index contributed by atoms with van der Waals surface area (Å²) in [5, 5.41) is 2.71. The van der Waals surface area contributed by atoms with Crippen LogP contribution in [0.2, 0.25) is 0 Å². The SMILES string of the molecule is CCN(CC)S(=O)(=O)c1cc(NC(=O)C(N)c2ccccc2)ccc1C. The van der Waals surface area contributed by atoms with Gasteiger partial charge >= 0.3 is 0 Å². The predicted molar refractivity (Wildman–Crippen MR) is 103 cm³/mol. The van der Waals surface area contributed by atoms with Crippen LogP contribution >= 0.6 is 0 Å². The minimum atomic E-state index is -3.61. The number of benzene rings is 2. The number of carbonyl (C=O) groups is 1. The van der Waals surface area contributed by atoms with E-state index >= 15 is 0 Å². The molecule has 0 aliphatic carbocycles. The van der Waals surface area contributed by atoms with Crippen molar-refractivity contribution in [2.45, 2.75) is 31.7 Å². The third-order valence-corrected chi connectivity index (χ3v) is 6.41. The summed E-state index contributed by atoms with van der Waals surface area (Å²) in [6.45, 7) is 6.08. The van der Waals surface area contributed by atoms with Gasteiger partial charge in [-0.25, -0.2) is 8.42 Å². The van der Waals surface area contributed by atoms with Crippen molar-refractivity contribution in [1.82, 2.24) is 4.31 Å². The molecule has 0 bridgehead atoms. The maximum Gasteiger partial charge on any atom is 0.245 e. The van der Waals surface area contributed by atoms with Crippen LogP contribution in [0.5, 0.6) is 0 Å². The van der Waals surface area contributed by atoms with Crippen molar-refractivity contribution < 1.29 is 13.2 Å². The minimum Gasteiger partial charge on any atom is -0.324 e. The van der Waals surface area contributed by atoms with Gasteiger partial charge in [-0.1, -0.05) is 50.2 Å². The van der Waals surface area contributed by atoms with E-state index in [1.165, 1.54) is 10.4 Å². The van der Waals surface area contributed by atoms with Gasteiger partial charge < -0.3 is 11.1 Å². The van der Waals surface area contributed by atoms with E-state index in [0.717, 1.165) is 0 Å². The number of anilines is 1. The first-order valence-corrected chi connectivity index (χ1v) is 9.97. The molecule has 1 atom stereocenters. The Hall–Kier alpha value is -2.22. The average molecular weight is 375 g/mol. The van der Waals surface area contributed by atoms with Crippen LogP contribution in [0.15, 0.2) is 53.4 Å². The molecule has 1 unspecified atom stereocenters. The van der Waals surface area contributed by atoms with Crippen LogP contribution in [0.25, 0.3) is 0 Å². The number of nitrogens with one attached hydrogen (secondary N) is 1. The molecule has 1 amide bonds. The van der Waals surface area contributed by atoms with Gasteiger partial charge in [0.2, 0.25) is 15.9 Å². The quantitative estimate of drug-likeness (QED) is 0.778. The molecule has 2 aromatic rings. The van der Waals surface area contributed by atoms with Crippen LogP contribution in [-0.2, 0) is 14.8 Å². The van der Waals surface area contributed by atoms with Crippen LogP contribution in [0.3, 0.4) is 0 Å². The van der Waals surface area contributed by atoms with Gasteiger partial charge in [-0.3, -0.25) is 4.79 Å². The van der Waals surface area contributed by atoms with E-state index < -0.39 is 22.0 Å². The third-order valence-electron chi connectivity index (χ3n) is 4.22. The van der Waals surface area contributed by atoms with Crippen LogP contribution in [0.4, 0.5) is 5.69 Å². The van der Waals surface area contributed by atoms with Gasteiger partial charge in [-0.15, -0.1) is 0 Å². The van der Waals surface area contributed by atoms with Crippen molar-refractivity contribution in [3.63, 3.8) is 0 Å². The zero-order valence-electron chi connectivity index (χ0n) is 15.3. The second-order valence-corrected chi connectivity index (χ2v) is 7.85. The van der Waals surface area contributed by atoms with E-state index in [1.807, 2.05) is 18.2 Å². The topological polar surface area (TPSA) is 92.5 Å². The van der Waals surface area contributed by atoms with Crippen molar-refractivity contribution in [3.8, 4) is 0 Å². The number of carbonyl (C=O) groups excluding carboxylic acids is 1. The third kappa shape index (κ3) is 4.30. The van der Waals surface area contributed by atoms with Gasteiger partial charge in [0.15, 0.2) is 0 Å². The first-order valence-electron chi connectivity index (χ1n) is 8.53. The molecule has 0 saturated carbocycles.